The molecule has 0 spiro atoms. The Hall–Kier alpha value is -5.08. The molecule has 2 N–H and O–H groups in total. The van der Waals surface area contributed by atoms with Crippen LogP contribution in [0, 0.1) is 6.92 Å². The summed E-state index contributed by atoms with van der Waals surface area (Å²) in [5.74, 6) is 0.758. The molecule has 1 saturated heterocycles. The van der Waals surface area contributed by atoms with Crippen LogP contribution in [0.1, 0.15) is 39.3 Å². The number of hydrogen-bond acceptors (Lipinski definition) is 6. The molecule has 1 amide bonds. The number of nitrogens with zero attached hydrogens (tertiary/aromatic N) is 5. The van der Waals surface area contributed by atoms with E-state index < -0.39 is 0 Å². The molecule has 2 aromatic heterocycles. The summed E-state index contributed by atoms with van der Waals surface area (Å²) in [5.41, 5.74) is 12.6. The van der Waals surface area contributed by atoms with Crippen LogP contribution in [-0.4, -0.2) is 64.7 Å². The summed E-state index contributed by atoms with van der Waals surface area (Å²) < 4.78 is 5.94. The van der Waals surface area contributed by atoms with Crippen LogP contribution in [0.15, 0.2) is 115 Å². The third-order valence-electron chi connectivity index (χ3n) is 7.64. The third kappa shape index (κ3) is 7.65. The average molecular weight is 587 g/mol. The van der Waals surface area contributed by atoms with Gasteiger partial charge in [-0.15, -0.1) is 0 Å². The van der Waals surface area contributed by atoms with Crippen molar-refractivity contribution in [1.29, 1.82) is 0 Å². The van der Waals surface area contributed by atoms with E-state index >= 15 is 0 Å². The summed E-state index contributed by atoms with van der Waals surface area (Å²) >= 11 is 0. The predicted octanol–water partition coefficient (Wildman–Crippen LogP) is 5.71. The van der Waals surface area contributed by atoms with Crippen molar-refractivity contribution in [2.24, 2.45) is 10.7 Å². The number of carbonyl (C=O) groups excluding carboxylic acids is 1. The Labute approximate surface area is 259 Å². The molecule has 4 aromatic rings. The summed E-state index contributed by atoms with van der Waals surface area (Å²) in [5, 5.41) is 0. The second-order valence-electron chi connectivity index (χ2n) is 11.1. The number of allylic oxidation sites excluding steroid dienone is 1. The zero-order valence-electron chi connectivity index (χ0n) is 25.5. The molecule has 1 aliphatic rings. The van der Waals surface area contributed by atoms with Gasteiger partial charge in [-0.05, 0) is 68.9 Å². The molecule has 8 nitrogen and oxygen atoms in total. The third-order valence-corrected chi connectivity index (χ3v) is 7.64. The van der Waals surface area contributed by atoms with Crippen LogP contribution in [0.4, 0.5) is 0 Å². The Morgan fingerprint density at radius 3 is 2.52 bits per heavy atom. The number of pyridine rings is 2. The van der Waals surface area contributed by atoms with Gasteiger partial charge in [0.1, 0.15) is 23.9 Å². The van der Waals surface area contributed by atoms with Gasteiger partial charge in [0.25, 0.3) is 5.91 Å². The number of aliphatic imine (C=N–C) groups is 1. The fourth-order valence-electron chi connectivity index (χ4n) is 5.07. The first kappa shape index (κ1) is 30.4. The molecule has 1 atom stereocenters. The van der Waals surface area contributed by atoms with Crippen molar-refractivity contribution in [3.05, 3.63) is 138 Å². The topological polar surface area (TPSA) is 96.9 Å². The summed E-state index contributed by atoms with van der Waals surface area (Å²) in [4.78, 5) is 31.0. The van der Waals surface area contributed by atoms with Gasteiger partial charge >= 0.3 is 0 Å². The molecule has 44 heavy (non-hydrogen) atoms. The fourth-order valence-corrected chi connectivity index (χ4v) is 5.07. The Kier molecular flexibility index (Phi) is 9.62. The highest BCUT2D eigenvalue weighted by molar-refractivity contribution is 5.99. The van der Waals surface area contributed by atoms with E-state index in [1.807, 2.05) is 90.7 Å². The van der Waals surface area contributed by atoms with Crippen LogP contribution in [0.3, 0.4) is 0 Å². The maximum absolute atomic E-state index is 13.1. The average Bonchev–Trinajstić information content (AvgIpc) is 3.55. The Balaban J connectivity index is 1.40. The fraction of sp³-hybridized carbons (Fsp3) is 0.222. The molecule has 1 aliphatic heterocycles. The second kappa shape index (κ2) is 13.9. The van der Waals surface area contributed by atoms with Crippen LogP contribution >= 0.6 is 0 Å². The van der Waals surface area contributed by atoms with Crippen molar-refractivity contribution >= 4 is 17.4 Å². The molecule has 1 fully saturated rings. The van der Waals surface area contributed by atoms with Crippen LogP contribution in [-0.2, 0) is 11.3 Å². The number of rotatable bonds is 10. The molecule has 0 saturated carbocycles. The van der Waals surface area contributed by atoms with Crippen molar-refractivity contribution < 1.29 is 9.53 Å². The van der Waals surface area contributed by atoms with E-state index in [1.54, 1.807) is 18.5 Å². The Morgan fingerprint density at radius 1 is 1.05 bits per heavy atom. The Morgan fingerprint density at radius 2 is 1.82 bits per heavy atom. The molecule has 0 aliphatic carbocycles. The number of nitrogens with two attached hydrogens (primary N) is 1. The van der Waals surface area contributed by atoms with Gasteiger partial charge in [0.05, 0.1) is 5.70 Å². The smallest absolute Gasteiger partial charge is 0.253 e. The first-order valence-electron chi connectivity index (χ1n) is 14.6. The van der Waals surface area contributed by atoms with Crippen molar-refractivity contribution in [3.63, 3.8) is 0 Å². The van der Waals surface area contributed by atoms with E-state index in [4.69, 9.17) is 15.5 Å². The molecule has 0 bridgehead atoms. The molecular formula is C36H38N6O2. The number of ether oxygens (including phenoxy) is 1. The van der Waals surface area contributed by atoms with Gasteiger partial charge in [-0.1, -0.05) is 55.1 Å². The maximum Gasteiger partial charge on any atom is 0.253 e. The molecule has 0 radical (unpaired) electrons. The predicted molar refractivity (Wildman–Crippen MR) is 176 cm³/mol. The highest BCUT2D eigenvalue weighted by atomic mass is 16.5. The molecule has 5 rings (SSSR count). The van der Waals surface area contributed by atoms with Gasteiger partial charge < -0.3 is 20.3 Å². The number of likely N-dealkylation sites (N-methyl/N-ethyl adjacent to an activating group) is 1. The van der Waals surface area contributed by atoms with Crippen LogP contribution < -0.4 is 5.73 Å². The van der Waals surface area contributed by atoms with Crippen LogP contribution in [0.25, 0.3) is 16.8 Å². The number of aryl methyl sites for hydroxylation is 1. The van der Waals surface area contributed by atoms with Gasteiger partial charge in [-0.3, -0.25) is 9.78 Å². The lowest BCUT2D eigenvalue weighted by molar-refractivity contribution is 0.0783. The lowest BCUT2D eigenvalue weighted by Gasteiger charge is -2.20. The highest BCUT2D eigenvalue weighted by Gasteiger charge is 2.28. The van der Waals surface area contributed by atoms with Crippen molar-refractivity contribution in [2.45, 2.75) is 26.0 Å². The number of amidine groups is 1. The van der Waals surface area contributed by atoms with Crippen LogP contribution in [0.5, 0.6) is 0 Å². The largest absolute Gasteiger partial charge is 0.489 e. The van der Waals surface area contributed by atoms with E-state index in [9.17, 15) is 4.79 Å². The van der Waals surface area contributed by atoms with E-state index in [-0.39, 0.29) is 11.7 Å². The molecule has 8 heteroatoms. The minimum Gasteiger partial charge on any atom is -0.489 e. The SMILES string of the molecule is C=C(/C=C(\N=C(N)c1cccc(C)n1)c1cncc(-c2ccc(C(=O)N3CCC(N(C)C)C3)cc2)c1)OCc1ccccc1. The van der Waals surface area contributed by atoms with E-state index in [0.717, 1.165) is 47.5 Å². The van der Waals surface area contributed by atoms with Gasteiger partial charge in [0.15, 0.2) is 0 Å². The van der Waals surface area contributed by atoms with Gasteiger partial charge in [0.2, 0.25) is 0 Å². The minimum atomic E-state index is 0.0570. The number of benzene rings is 2. The van der Waals surface area contributed by atoms with Crippen molar-refractivity contribution in [1.82, 2.24) is 19.8 Å². The highest BCUT2D eigenvalue weighted by Crippen LogP contribution is 2.26. The first-order chi connectivity index (χ1) is 21.3. The lowest BCUT2D eigenvalue weighted by Crippen LogP contribution is -2.34. The number of likely N-dealkylation sites (tertiary alicyclic amines) is 1. The molecule has 1 unspecified atom stereocenters. The minimum absolute atomic E-state index is 0.0570. The first-order valence-corrected chi connectivity index (χ1v) is 14.6. The van der Waals surface area contributed by atoms with Crippen LogP contribution in [0.2, 0.25) is 0 Å². The molecular weight excluding hydrogens is 548 g/mol. The molecule has 3 heterocycles. The monoisotopic (exact) mass is 586 g/mol. The van der Waals surface area contributed by atoms with E-state index in [1.165, 1.54) is 0 Å². The standard InChI is InChI=1S/C36H38N6O2/c1-25-9-8-12-33(39-25)35(37)40-34(19-26(2)44-24-27-10-6-5-7-11-27)31-20-30(21-38-22-31)28-13-15-29(16-14-28)36(43)42-18-17-32(23-42)41(3)4/h5-16,19-22,32H,2,17-18,23-24H2,1,3-4H3,(H2,37,40)/b34-19-. The molecule has 2 aromatic carbocycles. The second-order valence-corrected chi connectivity index (χ2v) is 11.1. The molecule has 224 valence electrons. The van der Waals surface area contributed by atoms with E-state index in [2.05, 4.69) is 35.5 Å². The summed E-state index contributed by atoms with van der Waals surface area (Å²) in [7, 11) is 4.12. The van der Waals surface area contributed by atoms with E-state index in [0.29, 0.717) is 35.4 Å². The van der Waals surface area contributed by atoms with Gasteiger partial charge in [-0.2, -0.15) is 0 Å². The van der Waals surface area contributed by atoms with Gasteiger partial charge in [-0.25, -0.2) is 9.98 Å². The van der Waals surface area contributed by atoms with Crippen molar-refractivity contribution in [3.8, 4) is 11.1 Å². The Bertz CT molecular complexity index is 1680. The normalized spacial score (nSPS) is 15.5. The van der Waals surface area contributed by atoms with Crippen molar-refractivity contribution in [2.75, 3.05) is 27.2 Å². The quantitative estimate of drug-likeness (QED) is 0.111. The summed E-state index contributed by atoms with van der Waals surface area (Å²) in [6.07, 6.45) is 6.26. The summed E-state index contributed by atoms with van der Waals surface area (Å²) in [6.45, 7) is 7.90. The zero-order chi connectivity index (χ0) is 31.1. The maximum atomic E-state index is 13.1. The summed E-state index contributed by atoms with van der Waals surface area (Å²) in [6, 6.07) is 25.6. The number of amides is 1. The number of aromatic nitrogens is 2. The number of carbonyl (C=O) groups is 1. The zero-order valence-corrected chi connectivity index (χ0v) is 25.5. The van der Waals surface area contributed by atoms with Gasteiger partial charge in [0, 0.05) is 60.0 Å². The number of hydrogen-bond donors (Lipinski definition) is 1. The lowest BCUT2D eigenvalue weighted by atomic mass is 10.0.